The van der Waals surface area contributed by atoms with Gasteiger partial charge in [0.05, 0.1) is 6.61 Å². The van der Waals surface area contributed by atoms with Gasteiger partial charge < -0.3 is 10.1 Å². The van der Waals surface area contributed by atoms with Gasteiger partial charge in [-0.2, -0.15) is 0 Å². The van der Waals surface area contributed by atoms with Crippen molar-refractivity contribution in [3.63, 3.8) is 0 Å². The van der Waals surface area contributed by atoms with Crippen molar-refractivity contribution in [2.45, 2.75) is 40.2 Å². The zero-order valence-corrected chi connectivity index (χ0v) is 13.4. The van der Waals surface area contributed by atoms with Gasteiger partial charge in [-0.05, 0) is 62.1 Å². The molecule has 1 unspecified atom stereocenters. The fourth-order valence-corrected chi connectivity index (χ4v) is 2.28. The van der Waals surface area contributed by atoms with E-state index >= 15 is 0 Å². The molecule has 0 saturated carbocycles. The monoisotopic (exact) mass is 283 g/mol. The lowest BCUT2D eigenvalue weighted by molar-refractivity contribution is 0.317. The Morgan fingerprint density at radius 3 is 2.43 bits per heavy atom. The van der Waals surface area contributed by atoms with Crippen LogP contribution in [0.1, 0.15) is 43.0 Å². The smallest absolute Gasteiger partial charge is 0.119 e. The van der Waals surface area contributed by atoms with Crippen molar-refractivity contribution >= 4 is 5.69 Å². The molecule has 2 heteroatoms. The molecule has 0 aliphatic carbocycles. The first kappa shape index (κ1) is 15.4. The summed E-state index contributed by atoms with van der Waals surface area (Å²) in [6, 6.07) is 15.1. The molecular formula is C19H25NO. The lowest BCUT2D eigenvalue weighted by Gasteiger charge is -2.18. The SMILES string of the molecule is CCCOc1ccc(C(C)Nc2cc(C)ccc2C)cc1. The van der Waals surface area contributed by atoms with E-state index < -0.39 is 0 Å². The third-order valence-corrected chi connectivity index (χ3v) is 3.62. The molecule has 0 radical (unpaired) electrons. The van der Waals surface area contributed by atoms with Gasteiger partial charge in [0.1, 0.15) is 5.75 Å². The van der Waals surface area contributed by atoms with Crippen LogP contribution >= 0.6 is 0 Å². The van der Waals surface area contributed by atoms with Crippen molar-refractivity contribution in [1.82, 2.24) is 0 Å². The van der Waals surface area contributed by atoms with Crippen LogP contribution in [0.15, 0.2) is 42.5 Å². The first-order valence-corrected chi connectivity index (χ1v) is 7.66. The third kappa shape index (κ3) is 4.25. The predicted molar refractivity (Wildman–Crippen MR) is 90.2 cm³/mol. The quantitative estimate of drug-likeness (QED) is 0.780. The molecule has 2 aromatic carbocycles. The average Bonchev–Trinajstić information content (AvgIpc) is 2.49. The van der Waals surface area contributed by atoms with E-state index in [1.807, 2.05) is 12.1 Å². The van der Waals surface area contributed by atoms with Crippen LogP contribution in [0.5, 0.6) is 5.75 Å². The molecule has 0 saturated heterocycles. The summed E-state index contributed by atoms with van der Waals surface area (Å²) in [4.78, 5) is 0. The lowest BCUT2D eigenvalue weighted by atomic mass is 10.1. The van der Waals surface area contributed by atoms with Crippen LogP contribution in [0, 0.1) is 13.8 Å². The summed E-state index contributed by atoms with van der Waals surface area (Å²) in [5.74, 6) is 0.944. The van der Waals surface area contributed by atoms with Crippen LogP contribution in [0.4, 0.5) is 5.69 Å². The summed E-state index contributed by atoms with van der Waals surface area (Å²) in [6.07, 6.45) is 1.03. The zero-order chi connectivity index (χ0) is 15.2. The van der Waals surface area contributed by atoms with Gasteiger partial charge in [0, 0.05) is 11.7 Å². The first-order chi connectivity index (χ1) is 10.1. The van der Waals surface area contributed by atoms with Crippen LogP contribution in [-0.4, -0.2) is 6.61 Å². The highest BCUT2D eigenvalue weighted by molar-refractivity contribution is 5.54. The van der Waals surface area contributed by atoms with E-state index in [4.69, 9.17) is 4.74 Å². The van der Waals surface area contributed by atoms with Gasteiger partial charge in [0.25, 0.3) is 0 Å². The van der Waals surface area contributed by atoms with Crippen LogP contribution < -0.4 is 10.1 Å². The van der Waals surface area contributed by atoms with E-state index in [0.717, 1.165) is 18.8 Å². The molecule has 0 bridgehead atoms. The summed E-state index contributed by atoms with van der Waals surface area (Å²) >= 11 is 0. The van der Waals surface area contributed by atoms with E-state index in [2.05, 4.69) is 63.3 Å². The Labute approximate surface area is 128 Å². The molecule has 1 N–H and O–H groups in total. The Morgan fingerprint density at radius 2 is 1.76 bits per heavy atom. The van der Waals surface area contributed by atoms with Crippen LogP contribution in [0.25, 0.3) is 0 Å². The van der Waals surface area contributed by atoms with Crippen molar-refractivity contribution in [2.75, 3.05) is 11.9 Å². The molecule has 0 aromatic heterocycles. The van der Waals surface area contributed by atoms with E-state index in [1.165, 1.54) is 22.4 Å². The second-order valence-electron chi connectivity index (χ2n) is 5.60. The molecule has 0 aliphatic rings. The summed E-state index contributed by atoms with van der Waals surface area (Å²) in [5.41, 5.74) is 5.02. The molecular weight excluding hydrogens is 258 g/mol. The Balaban J connectivity index is 2.05. The molecule has 0 amide bonds. The van der Waals surface area contributed by atoms with Crippen molar-refractivity contribution in [2.24, 2.45) is 0 Å². The van der Waals surface area contributed by atoms with Gasteiger partial charge in [-0.25, -0.2) is 0 Å². The Hall–Kier alpha value is -1.96. The fraction of sp³-hybridized carbons (Fsp3) is 0.368. The molecule has 21 heavy (non-hydrogen) atoms. The van der Waals surface area contributed by atoms with Crippen molar-refractivity contribution in [1.29, 1.82) is 0 Å². The van der Waals surface area contributed by atoms with Gasteiger partial charge in [0.2, 0.25) is 0 Å². The van der Waals surface area contributed by atoms with E-state index in [9.17, 15) is 0 Å². The Morgan fingerprint density at radius 1 is 1.05 bits per heavy atom. The lowest BCUT2D eigenvalue weighted by Crippen LogP contribution is -2.08. The molecule has 0 fully saturated rings. The maximum Gasteiger partial charge on any atom is 0.119 e. The summed E-state index contributed by atoms with van der Waals surface area (Å²) in [6.45, 7) is 9.33. The highest BCUT2D eigenvalue weighted by Crippen LogP contribution is 2.24. The largest absolute Gasteiger partial charge is 0.494 e. The van der Waals surface area contributed by atoms with Gasteiger partial charge in [-0.1, -0.05) is 31.2 Å². The van der Waals surface area contributed by atoms with Gasteiger partial charge >= 0.3 is 0 Å². The fourth-order valence-electron chi connectivity index (χ4n) is 2.28. The van der Waals surface area contributed by atoms with E-state index in [1.54, 1.807) is 0 Å². The van der Waals surface area contributed by atoms with Crippen LogP contribution in [0.3, 0.4) is 0 Å². The molecule has 0 heterocycles. The van der Waals surface area contributed by atoms with E-state index in [-0.39, 0.29) is 6.04 Å². The van der Waals surface area contributed by atoms with Crippen LogP contribution in [-0.2, 0) is 0 Å². The van der Waals surface area contributed by atoms with Gasteiger partial charge in [-0.15, -0.1) is 0 Å². The minimum Gasteiger partial charge on any atom is -0.494 e. The molecule has 1 atom stereocenters. The second kappa shape index (κ2) is 7.16. The third-order valence-electron chi connectivity index (χ3n) is 3.62. The molecule has 2 rings (SSSR count). The number of benzene rings is 2. The average molecular weight is 283 g/mol. The topological polar surface area (TPSA) is 21.3 Å². The molecule has 2 aromatic rings. The van der Waals surface area contributed by atoms with Crippen molar-refractivity contribution in [3.05, 3.63) is 59.2 Å². The van der Waals surface area contributed by atoms with Crippen molar-refractivity contribution in [3.8, 4) is 5.75 Å². The van der Waals surface area contributed by atoms with Gasteiger partial charge in [-0.3, -0.25) is 0 Å². The number of nitrogens with one attached hydrogen (secondary N) is 1. The normalized spacial score (nSPS) is 12.0. The molecule has 0 aliphatic heterocycles. The summed E-state index contributed by atoms with van der Waals surface area (Å²) in [7, 11) is 0. The molecule has 2 nitrogen and oxygen atoms in total. The van der Waals surface area contributed by atoms with Crippen molar-refractivity contribution < 1.29 is 4.74 Å². The number of ether oxygens (including phenoxy) is 1. The van der Waals surface area contributed by atoms with E-state index in [0.29, 0.717) is 0 Å². The Kier molecular flexibility index (Phi) is 5.26. The number of aryl methyl sites for hydroxylation is 2. The summed E-state index contributed by atoms with van der Waals surface area (Å²) < 4.78 is 5.62. The Bertz CT molecular complexity index is 575. The maximum absolute atomic E-state index is 5.62. The minimum atomic E-state index is 0.269. The molecule has 112 valence electrons. The highest BCUT2D eigenvalue weighted by atomic mass is 16.5. The van der Waals surface area contributed by atoms with Crippen LogP contribution in [0.2, 0.25) is 0 Å². The minimum absolute atomic E-state index is 0.269. The number of hydrogen-bond acceptors (Lipinski definition) is 2. The first-order valence-electron chi connectivity index (χ1n) is 7.66. The number of rotatable bonds is 6. The standard InChI is InChI=1S/C19H25NO/c1-5-12-21-18-10-8-17(9-11-18)16(4)20-19-13-14(2)6-7-15(19)3/h6-11,13,16,20H,5,12H2,1-4H3. The van der Waals surface area contributed by atoms with Gasteiger partial charge in [0.15, 0.2) is 0 Å². The predicted octanol–water partition coefficient (Wildman–Crippen LogP) is 5.27. The second-order valence-corrected chi connectivity index (χ2v) is 5.60. The zero-order valence-electron chi connectivity index (χ0n) is 13.4. The maximum atomic E-state index is 5.62. The molecule has 0 spiro atoms. The highest BCUT2D eigenvalue weighted by Gasteiger charge is 2.07. The number of hydrogen-bond donors (Lipinski definition) is 1. The number of anilines is 1. The summed E-state index contributed by atoms with van der Waals surface area (Å²) in [5, 5.41) is 3.59.